The quantitative estimate of drug-likeness (QED) is 0.773. The third kappa shape index (κ3) is 2.34. The van der Waals surface area contributed by atoms with Gasteiger partial charge in [-0.1, -0.05) is 18.5 Å². The summed E-state index contributed by atoms with van der Waals surface area (Å²) < 4.78 is 26.9. The first-order valence-electron chi connectivity index (χ1n) is 5.95. The minimum absolute atomic E-state index is 0.000367. The van der Waals surface area contributed by atoms with Gasteiger partial charge in [0.25, 0.3) is 0 Å². The Balaban J connectivity index is 2.21. The monoisotopic (exact) mass is 273 g/mol. The largest absolute Gasteiger partial charge is 0.338 e. The lowest BCUT2D eigenvalue weighted by Crippen LogP contribution is -2.27. The van der Waals surface area contributed by atoms with Gasteiger partial charge in [0, 0.05) is 18.0 Å². The highest BCUT2D eigenvalue weighted by molar-refractivity contribution is 6.31. The van der Waals surface area contributed by atoms with Gasteiger partial charge in [-0.15, -0.1) is 0 Å². The molecule has 0 radical (unpaired) electrons. The number of carbonyl (C=O) groups excluding carboxylic acids is 1. The van der Waals surface area contributed by atoms with Crippen molar-refractivity contribution in [3.8, 4) is 0 Å². The molecule has 1 aromatic rings. The van der Waals surface area contributed by atoms with Gasteiger partial charge in [0.1, 0.15) is 11.6 Å². The third-order valence-electron chi connectivity index (χ3n) is 3.39. The van der Waals surface area contributed by atoms with Crippen molar-refractivity contribution in [1.29, 1.82) is 0 Å². The summed E-state index contributed by atoms with van der Waals surface area (Å²) in [6.07, 6.45) is 1.54. The fraction of sp³-hybridized carbons (Fsp3) is 0.462. The van der Waals surface area contributed by atoms with E-state index in [1.807, 2.05) is 6.92 Å². The second kappa shape index (κ2) is 5.22. The van der Waals surface area contributed by atoms with Gasteiger partial charge < -0.3 is 4.90 Å². The van der Waals surface area contributed by atoms with Crippen molar-refractivity contribution < 1.29 is 13.6 Å². The zero-order valence-electron chi connectivity index (χ0n) is 10.0. The molecule has 1 atom stereocenters. The van der Waals surface area contributed by atoms with Crippen LogP contribution in [0.5, 0.6) is 0 Å². The maximum Gasteiger partial charge on any atom is 0.226 e. The number of amides is 1. The van der Waals surface area contributed by atoms with Crippen LogP contribution in [0.25, 0.3) is 0 Å². The number of nitrogens with zero attached hydrogens (tertiary/aromatic N) is 1. The molecule has 2 rings (SSSR count). The maximum atomic E-state index is 13.6. The molecule has 1 amide bonds. The molecule has 5 heteroatoms. The molecule has 1 saturated heterocycles. The average Bonchev–Trinajstić information content (AvgIpc) is 2.71. The molecule has 0 bridgehead atoms. The molecule has 1 unspecified atom stereocenters. The lowest BCUT2D eigenvalue weighted by Gasteiger charge is -2.18. The zero-order chi connectivity index (χ0) is 13.3. The van der Waals surface area contributed by atoms with Gasteiger partial charge in [0.2, 0.25) is 5.91 Å². The van der Waals surface area contributed by atoms with Gasteiger partial charge in [0.15, 0.2) is 0 Å². The van der Waals surface area contributed by atoms with Gasteiger partial charge in [-0.25, -0.2) is 8.78 Å². The van der Waals surface area contributed by atoms with Crippen LogP contribution in [-0.2, 0) is 11.3 Å². The lowest BCUT2D eigenvalue weighted by atomic mass is 10.1. The molecule has 0 N–H and O–H groups in total. The van der Waals surface area contributed by atoms with Crippen molar-refractivity contribution in [2.75, 3.05) is 6.54 Å². The Bertz CT molecular complexity index is 478. The summed E-state index contributed by atoms with van der Waals surface area (Å²) in [5.41, 5.74) is 0.0572. The number of likely N-dealkylation sites (tertiary alicyclic amines) is 1. The number of hydrogen-bond donors (Lipinski definition) is 0. The van der Waals surface area contributed by atoms with Crippen LogP contribution in [0.3, 0.4) is 0 Å². The molecule has 1 aliphatic heterocycles. The predicted molar refractivity (Wildman–Crippen MR) is 65.2 cm³/mol. The van der Waals surface area contributed by atoms with Gasteiger partial charge in [-0.05, 0) is 25.0 Å². The molecular weight excluding hydrogens is 260 g/mol. The van der Waals surface area contributed by atoms with Crippen molar-refractivity contribution in [1.82, 2.24) is 4.90 Å². The van der Waals surface area contributed by atoms with Crippen LogP contribution in [-0.4, -0.2) is 17.4 Å². The Labute approximate surface area is 110 Å². The molecule has 18 heavy (non-hydrogen) atoms. The Hall–Kier alpha value is -1.16. The first kappa shape index (κ1) is 13.3. The van der Waals surface area contributed by atoms with E-state index in [0.717, 1.165) is 25.0 Å². The first-order chi connectivity index (χ1) is 8.54. The smallest absolute Gasteiger partial charge is 0.226 e. The minimum atomic E-state index is -0.660. The fourth-order valence-corrected chi connectivity index (χ4v) is 2.46. The van der Waals surface area contributed by atoms with E-state index in [2.05, 4.69) is 0 Å². The van der Waals surface area contributed by atoms with Gasteiger partial charge >= 0.3 is 0 Å². The minimum Gasteiger partial charge on any atom is -0.338 e. The summed E-state index contributed by atoms with van der Waals surface area (Å²) in [7, 11) is 0. The summed E-state index contributed by atoms with van der Waals surface area (Å²) in [4.78, 5) is 13.5. The summed E-state index contributed by atoms with van der Waals surface area (Å²) >= 11 is 5.74. The Morgan fingerprint density at radius 2 is 2.06 bits per heavy atom. The highest BCUT2D eigenvalue weighted by atomic mass is 35.5. The van der Waals surface area contributed by atoms with Crippen LogP contribution >= 0.6 is 11.6 Å². The third-order valence-corrected chi connectivity index (χ3v) is 3.80. The van der Waals surface area contributed by atoms with Crippen LogP contribution < -0.4 is 0 Å². The normalized spacial score (nSPS) is 19.7. The second-order valence-corrected chi connectivity index (χ2v) is 4.85. The summed E-state index contributed by atoms with van der Waals surface area (Å²) in [6, 6.07) is 2.02. The number of benzene rings is 1. The Kier molecular flexibility index (Phi) is 3.85. The van der Waals surface area contributed by atoms with Crippen LogP contribution in [0.2, 0.25) is 5.02 Å². The van der Waals surface area contributed by atoms with Gasteiger partial charge in [-0.2, -0.15) is 0 Å². The predicted octanol–water partition coefficient (Wildman–Crippen LogP) is 3.38. The molecule has 0 aliphatic carbocycles. The van der Waals surface area contributed by atoms with E-state index < -0.39 is 11.6 Å². The van der Waals surface area contributed by atoms with Crippen LogP contribution in [0.15, 0.2) is 12.1 Å². The molecular formula is C13H14ClF2NO. The highest BCUT2D eigenvalue weighted by Gasteiger charge is 2.31. The zero-order valence-corrected chi connectivity index (χ0v) is 10.8. The summed E-state index contributed by atoms with van der Waals surface area (Å²) in [6.45, 7) is 2.56. The summed E-state index contributed by atoms with van der Waals surface area (Å²) in [5.74, 6) is -1.24. The first-order valence-corrected chi connectivity index (χ1v) is 6.33. The molecule has 98 valence electrons. The number of hydrogen-bond acceptors (Lipinski definition) is 1. The van der Waals surface area contributed by atoms with E-state index in [4.69, 9.17) is 11.6 Å². The number of carbonyl (C=O) groups is 1. The van der Waals surface area contributed by atoms with Crippen molar-refractivity contribution in [3.63, 3.8) is 0 Å². The van der Waals surface area contributed by atoms with Crippen LogP contribution in [0, 0.1) is 17.6 Å². The molecule has 2 nitrogen and oxygen atoms in total. The molecule has 1 aromatic carbocycles. The fourth-order valence-electron chi connectivity index (χ4n) is 2.24. The van der Waals surface area contributed by atoms with E-state index in [1.165, 1.54) is 4.90 Å². The van der Waals surface area contributed by atoms with Crippen LogP contribution in [0.1, 0.15) is 25.3 Å². The molecule has 1 aliphatic rings. The van der Waals surface area contributed by atoms with Crippen molar-refractivity contribution in [3.05, 3.63) is 34.4 Å². The van der Waals surface area contributed by atoms with E-state index >= 15 is 0 Å². The van der Waals surface area contributed by atoms with Crippen molar-refractivity contribution >= 4 is 17.5 Å². The van der Waals surface area contributed by atoms with Crippen molar-refractivity contribution in [2.45, 2.75) is 26.3 Å². The maximum absolute atomic E-state index is 13.6. The lowest BCUT2D eigenvalue weighted by molar-refractivity contribution is -0.131. The van der Waals surface area contributed by atoms with E-state index in [-0.39, 0.29) is 29.0 Å². The van der Waals surface area contributed by atoms with Gasteiger partial charge in [0.05, 0.1) is 11.6 Å². The molecule has 0 saturated carbocycles. The molecule has 0 spiro atoms. The molecule has 0 aromatic heterocycles. The number of rotatable bonds is 3. The average molecular weight is 274 g/mol. The molecule has 1 fully saturated rings. The second-order valence-electron chi connectivity index (χ2n) is 4.48. The summed E-state index contributed by atoms with van der Waals surface area (Å²) in [5, 5.41) is -0.234. The van der Waals surface area contributed by atoms with E-state index in [9.17, 15) is 13.6 Å². The van der Waals surface area contributed by atoms with Gasteiger partial charge in [-0.3, -0.25) is 4.79 Å². The Morgan fingerprint density at radius 3 is 2.67 bits per heavy atom. The standard InChI is InChI=1S/C13H14ClF2NO/c1-2-8-5-6-17(13(8)18)7-9-10(15)3-4-11(16)12(9)14/h3-4,8H,2,5-7H2,1H3. The Morgan fingerprint density at radius 1 is 1.39 bits per heavy atom. The topological polar surface area (TPSA) is 20.3 Å². The van der Waals surface area contributed by atoms with Crippen LogP contribution in [0.4, 0.5) is 8.78 Å². The number of halogens is 3. The van der Waals surface area contributed by atoms with E-state index in [0.29, 0.717) is 6.54 Å². The van der Waals surface area contributed by atoms with Crippen molar-refractivity contribution in [2.24, 2.45) is 5.92 Å². The SMILES string of the molecule is CCC1CCN(Cc2c(F)ccc(F)c2Cl)C1=O. The molecule has 1 heterocycles. The highest BCUT2D eigenvalue weighted by Crippen LogP contribution is 2.28. The van der Waals surface area contributed by atoms with E-state index in [1.54, 1.807) is 0 Å².